The summed E-state index contributed by atoms with van der Waals surface area (Å²) in [7, 11) is 1.49. The Kier molecular flexibility index (Phi) is 3.50. The minimum atomic E-state index is -0.706. The van der Waals surface area contributed by atoms with Crippen LogP contribution in [0.5, 0.6) is 0 Å². The Morgan fingerprint density at radius 3 is 3.00 bits per heavy atom. The van der Waals surface area contributed by atoms with E-state index in [4.69, 9.17) is 4.74 Å². The molecule has 4 heterocycles. The highest BCUT2D eigenvalue weighted by molar-refractivity contribution is 5.91. The van der Waals surface area contributed by atoms with Crippen LogP contribution in [0.4, 0.5) is 0 Å². The molecule has 6 atom stereocenters. The van der Waals surface area contributed by atoms with Gasteiger partial charge in [-0.05, 0) is 43.7 Å². The molecule has 0 amide bonds. The van der Waals surface area contributed by atoms with Crippen molar-refractivity contribution in [3.05, 3.63) is 35.5 Å². The number of aromatic nitrogens is 1. The number of H-pyrrole nitrogens is 1. The number of benzene rings is 1. The van der Waals surface area contributed by atoms with Crippen LogP contribution in [0.2, 0.25) is 0 Å². The van der Waals surface area contributed by atoms with Gasteiger partial charge in [0, 0.05) is 41.6 Å². The van der Waals surface area contributed by atoms with Crippen molar-refractivity contribution in [1.29, 1.82) is 0 Å². The molecule has 5 heteroatoms. The third kappa shape index (κ3) is 1.96. The minimum Gasteiger partial charge on any atom is -0.468 e. The molecule has 3 fully saturated rings. The Bertz CT molecular complexity index is 873. The lowest BCUT2D eigenvalue weighted by Crippen LogP contribution is -2.68. The smallest absolute Gasteiger partial charge is 0.319 e. The summed E-state index contributed by atoms with van der Waals surface area (Å²) < 4.78 is 5.39. The molecular formula is C21H26N2O3. The molecule has 1 aromatic heterocycles. The van der Waals surface area contributed by atoms with Gasteiger partial charge in [0.15, 0.2) is 0 Å². The van der Waals surface area contributed by atoms with Gasteiger partial charge < -0.3 is 14.8 Å². The molecule has 3 aliphatic heterocycles. The number of ether oxygens (including phenoxy) is 1. The van der Waals surface area contributed by atoms with Gasteiger partial charge >= 0.3 is 5.97 Å². The molecule has 2 aromatic rings. The van der Waals surface area contributed by atoms with Crippen LogP contribution in [0.1, 0.15) is 31.0 Å². The zero-order valence-electron chi connectivity index (χ0n) is 15.4. The van der Waals surface area contributed by atoms with E-state index < -0.39 is 11.5 Å². The monoisotopic (exact) mass is 354 g/mol. The number of aliphatic hydroxyl groups excluding tert-OH is 1. The molecule has 1 aromatic carbocycles. The molecule has 2 N–H and O–H groups in total. The lowest BCUT2D eigenvalue weighted by molar-refractivity contribution is -0.166. The highest BCUT2D eigenvalue weighted by atomic mass is 16.5. The number of esters is 1. The van der Waals surface area contributed by atoms with Crippen LogP contribution in [0.3, 0.4) is 0 Å². The quantitative estimate of drug-likeness (QED) is 0.812. The van der Waals surface area contributed by atoms with E-state index in [0.29, 0.717) is 5.92 Å². The van der Waals surface area contributed by atoms with Crippen LogP contribution in [0, 0.1) is 11.8 Å². The number of aliphatic hydroxyl groups is 1. The number of piperidine rings is 2. The van der Waals surface area contributed by atoms with Crippen molar-refractivity contribution in [2.24, 2.45) is 11.8 Å². The summed E-state index contributed by atoms with van der Waals surface area (Å²) in [6.07, 6.45) is 2.30. The molecule has 0 spiro atoms. The molecule has 5 nitrogen and oxygen atoms in total. The number of nitrogens with one attached hydrogen (secondary N) is 1. The van der Waals surface area contributed by atoms with Crippen molar-refractivity contribution < 1.29 is 14.6 Å². The first-order valence-electron chi connectivity index (χ1n) is 9.67. The third-order valence-electron chi connectivity index (χ3n) is 7.09. The first-order valence-corrected chi connectivity index (χ1v) is 9.67. The number of hydrogen-bond donors (Lipinski definition) is 2. The summed E-state index contributed by atoms with van der Waals surface area (Å²) >= 11 is 0. The number of carbonyl (C=O) groups excluding carboxylic acids is 1. The van der Waals surface area contributed by atoms with Crippen LogP contribution in [-0.2, 0) is 21.4 Å². The fourth-order valence-electron chi connectivity index (χ4n) is 6.23. The number of methoxy groups -OCH3 is 1. The number of nitrogens with zero attached hydrogens (tertiary/aromatic N) is 1. The second kappa shape index (κ2) is 5.57. The zero-order chi connectivity index (χ0) is 18.1. The van der Waals surface area contributed by atoms with Crippen molar-refractivity contribution in [3.63, 3.8) is 0 Å². The highest BCUT2D eigenvalue weighted by Crippen LogP contribution is 2.55. The van der Waals surface area contributed by atoms with E-state index in [0.717, 1.165) is 43.6 Å². The number of rotatable bonds is 2. The molecule has 26 heavy (non-hydrogen) atoms. The molecule has 4 aliphatic rings. The number of hydrogen-bond acceptors (Lipinski definition) is 4. The average molecular weight is 354 g/mol. The average Bonchev–Trinajstić information content (AvgIpc) is 3.00. The van der Waals surface area contributed by atoms with E-state index in [1.807, 2.05) is 13.0 Å². The predicted octanol–water partition coefficient (Wildman–Crippen LogP) is 2.23. The van der Waals surface area contributed by atoms with Gasteiger partial charge in [0.05, 0.1) is 13.2 Å². The fraction of sp³-hybridized carbons (Fsp3) is 0.571. The summed E-state index contributed by atoms with van der Waals surface area (Å²) in [4.78, 5) is 19.4. The summed E-state index contributed by atoms with van der Waals surface area (Å²) in [6, 6.07) is 8.31. The molecular weight excluding hydrogens is 328 g/mol. The van der Waals surface area contributed by atoms with E-state index in [2.05, 4.69) is 28.1 Å². The van der Waals surface area contributed by atoms with Gasteiger partial charge in [-0.15, -0.1) is 0 Å². The summed E-state index contributed by atoms with van der Waals surface area (Å²) in [5.74, 6) is 0.354. The van der Waals surface area contributed by atoms with E-state index in [-0.39, 0.29) is 17.9 Å². The maximum Gasteiger partial charge on any atom is 0.319 e. The van der Waals surface area contributed by atoms with E-state index in [9.17, 15) is 9.90 Å². The van der Waals surface area contributed by atoms with Crippen molar-refractivity contribution in [3.8, 4) is 0 Å². The van der Waals surface area contributed by atoms with Crippen LogP contribution < -0.4 is 0 Å². The molecule has 1 aliphatic carbocycles. The number of carbonyl (C=O) groups is 1. The normalized spacial score (nSPS) is 36.4. The Morgan fingerprint density at radius 2 is 2.23 bits per heavy atom. The molecule has 0 radical (unpaired) electrons. The molecule has 2 saturated heterocycles. The third-order valence-corrected chi connectivity index (χ3v) is 7.09. The van der Waals surface area contributed by atoms with Gasteiger partial charge in [-0.2, -0.15) is 0 Å². The topological polar surface area (TPSA) is 65.6 Å². The van der Waals surface area contributed by atoms with Gasteiger partial charge in [0.1, 0.15) is 5.41 Å². The fourth-order valence-corrected chi connectivity index (χ4v) is 6.23. The molecule has 4 bridgehead atoms. The number of para-hydroxylation sites is 1. The second-order valence-corrected chi connectivity index (χ2v) is 8.39. The highest BCUT2D eigenvalue weighted by Gasteiger charge is 2.63. The van der Waals surface area contributed by atoms with Crippen molar-refractivity contribution in [2.75, 3.05) is 20.2 Å². The van der Waals surface area contributed by atoms with Gasteiger partial charge in [0.25, 0.3) is 0 Å². The Balaban J connectivity index is 1.80. The standard InChI is InChI=1S/C21H26N2O3/c1-12(24)16-9-13-10-21(20(25)26-2)18-15(7-8-23(11-13)19(16)21)14-5-3-4-6-17(14)22-18/h3-6,12-13,16,19,22,24H,7-11H2,1-2H3/t12?,13?,16-,19?,21+/m0/s1. The first-order chi connectivity index (χ1) is 12.6. The largest absolute Gasteiger partial charge is 0.468 e. The maximum absolute atomic E-state index is 13.3. The SMILES string of the molecule is COC(=O)[C@@]12CC3C[C@@H](C(C)O)C1N(CCc1c2[nH]c2ccccc12)C3. The molecule has 138 valence electrons. The second-order valence-electron chi connectivity index (χ2n) is 8.39. The van der Waals surface area contributed by atoms with E-state index >= 15 is 0 Å². The van der Waals surface area contributed by atoms with E-state index in [1.165, 1.54) is 18.1 Å². The Morgan fingerprint density at radius 1 is 1.42 bits per heavy atom. The molecule has 6 rings (SSSR count). The zero-order valence-corrected chi connectivity index (χ0v) is 15.4. The van der Waals surface area contributed by atoms with Crippen molar-refractivity contribution in [1.82, 2.24) is 9.88 Å². The van der Waals surface area contributed by atoms with Gasteiger partial charge in [-0.3, -0.25) is 9.69 Å². The van der Waals surface area contributed by atoms with Crippen molar-refractivity contribution >= 4 is 16.9 Å². The summed E-state index contributed by atoms with van der Waals surface area (Å²) in [6.45, 7) is 3.82. The van der Waals surface area contributed by atoms with Crippen LogP contribution in [0.25, 0.3) is 10.9 Å². The van der Waals surface area contributed by atoms with E-state index in [1.54, 1.807) is 0 Å². The Labute approximate surface area is 153 Å². The van der Waals surface area contributed by atoms with Crippen molar-refractivity contribution in [2.45, 2.75) is 43.7 Å². The minimum absolute atomic E-state index is 0.00531. The maximum atomic E-state index is 13.3. The van der Waals surface area contributed by atoms with Gasteiger partial charge in [0.2, 0.25) is 0 Å². The molecule has 4 unspecified atom stereocenters. The van der Waals surface area contributed by atoms with Crippen LogP contribution in [0.15, 0.2) is 24.3 Å². The van der Waals surface area contributed by atoms with Crippen LogP contribution >= 0.6 is 0 Å². The lowest BCUT2D eigenvalue weighted by Gasteiger charge is -2.58. The predicted molar refractivity (Wildman–Crippen MR) is 99.0 cm³/mol. The summed E-state index contributed by atoms with van der Waals surface area (Å²) in [5.41, 5.74) is 2.67. The number of aromatic amines is 1. The Hall–Kier alpha value is -1.85. The summed E-state index contributed by atoms with van der Waals surface area (Å²) in [5, 5.41) is 11.7. The van der Waals surface area contributed by atoms with Gasteiger partial charge in [-0.1, -0.05) is 18.2 Å². The van der Waals surface area contributed by atoms with Crippen LogP contribution in [-0.4, -0.2) is 53.3 Å². The van der Waals surface area contributed by atoms with Gasteiger partial charge in [-0.25, -0.2) is 0 Å². The number of fused-ring (bicyclic) bond motifs is 4. The lowest BCUT2D eigenvalue weighted by atomic mass is 9.56. The molecule has 1 saturated carbocycles. The first kappa shape index (κ1) is 16.3.